The van der Waals surface area contributed by atoms with Gasteiger partial charge in [0, 0.05) is 18.2 Å². The molecule has 2 heterocycles. The summed E-state index contributed by atoms with van der Waals surface area (Å²) in [6, 6.07) is 8.26. The molecule has 3 heteroatoms. The zero-order chi connectivity index (χ0) is 12.4. The Kier molecular flexibility index (Phi) is 3.50. The minimum atomic E-state index is -0.730. The van der Waals surface area contributed by atoms with E-state index in [2.05, 4.69) is 28.8 Å². The number of piperidine rings is 1. The number of hydrogen-bond acceptors (Lipinski definition) is 2. The summed E-state index contributed by atoms with van der Waals surface area (Å²) in [5, 5.41) is 6.70. The Morgan fingerprint density at radius 1 is 1.22 bits per heavy atom. The third-order valence-corrected chi connectivity index (χ3v) is 4.25. The average molecular weight is 248 g/mol. The highest BCUT2D eigenvalue weighted by Crippen LogP contribution is 2.30. The van der Waals surface area contributed by atoms with Gasteiger partial charge in [0.25, 0.3) is 0 Å². The molecule has 1 fully saturated rings. The highest BCUT2D eigenvalue weighted by molar-refractivity contribution is 5.53. The van der Waals surface area contributed by atoms with E-state index in [9.17, 15) is 4.39 Å². The Hall–Kier alpha value is -1.09. The van der Waals surface area contributed by atoms with Gasteiger partial charge in [-0.15, -0.1) is 0 Å². The molecule has 1 aromatic rings. The molecule has 3 rings (SSSR count). The first-order valence-corrected chi connectivity index (χ1v) is 7.04. The van der Waals surface area contributed by atoms with Gasteiger partial charge in [-0.05, 0) is 43.9 Å². The topological polar surface area (TPSA) is 24.1 Å². The summed E-state index contributed by atoms with van der Waals surface area (Å²) in [5.74, 6) is 0.182. The van der Waals surface area contributed by atoms with Crippen LogP contribution in [0.5, 0.6) is 0 Å². The van der Waals surface area contributed by atoms with Gasteiger partial charge in [0.2, 0.25) is 0 Å². The summed E-state index contributed by atoms with van der Waals surface area (Å²) >= 11 is 0. The first-order valence-electron chi connectivity index (χ1n) is 7.04. The van der Waals surface area contributed by atoms with E-state index >= 15 is 0 Å². The van der Waals surface area contributed by atoms with E-state index in [1.54, 1.807) is 0 Å². The number of halogens is 1. The maximum Gasteiger partial charge on any atom is 0.124 e. The summed E-state index contributed by atoms with van der Waals surface area (Å²) < 4.78 is 14.6. The standard InChI is InChI=1S/C15H21FN2/c16-15(12-5-3-9-17-10-12)14-8-7-11-4-1-2-6-13(11)18-14/h1-2,4,6,12,14-15,17-18H,3,5,7-10H2. The monoisotopic (exact) mass is 248 g/mol. The Labute approximate surface area is 108 Å². The van der Waals surface area contributed by atoms with Gasteiger partial charge >= 0.3 is 0 Å². The number of rotatable bonds is 2. The van der Waals surface area contributed by atoms with Crippen LogP contribution < -0.4 is 10.6 Å². The Morgan fingerprint density at radius 2 is 2.11 bits per heavy atom. The first kappa shape index (κ1) is 12.0. The van der Waals surface area contributed by atoms with Crippen LogP contribution in [0.1, 0.15) is 24.8 Å². The number of alkyl halides is 1. The van der Waals surface area contributed by atoms with Crippen molar-refractivity contribution in [2.24, 2.45) is 5.92 Å². The fourth-order valence-corrected chi connectivity index (χ4v) is 3.18. The normalized spacial score (nSPS) is 29.2. The quantitative estimate of drug-likeness (QED) is 0.841. The van der Waals surface area contributed by atoms with E-state index in [0.29, 0.717) is 0 Å². The van der Waals surface area contributed by atoms with Crippen molar-refractivity contribution in [1.29, 1.82) is 0 Å². The molecule has 0 radical (unpaired) electrons. The highest BCUT2D eigenvalue weighted by Gasteiger charge is 2.32. The molecular formula is C15H21FN2. The number of aryl methyl sites for hydroxylation is 1. The molecule has 3 atom stereocenters. The number of para-hydroxylation sites is 1. The van der Waals surface area contributed by atoms with Gasteiger partial charge in [0.1, 0.15) is 6.17 Å². The number of benzene rings is 1. The number of anilines is 1. The van der Waals surface area contributed by atoms with Crippen molar-refractivity contribution in [3.05, 3.63) is 29.8 Å². The lowest BCUT2D eigenvalue weighted by Crippen LogP contribution is -2.44. The van der Waals surface area contributed by atoms with E-state index in [0.717, 1.165) is 44.5 Å². The molecule has 2 aliphatic rings. The molecule has 0 saturated carbocycles. The molecule has 0 bridgehead atoms. The van der Waals surface area contributed by atoms with Gasteiger partial charge in [-0.25, -0.2) is 4.39 Å². The van der Waals surface area contributed by atoms with Crippen LogP contribution in [0.4, 0.5) is 10.1 Å². The molecule has 0 aromatic heterocycles. The molecule has 2 nitrogen and oxygen atoms in total. The Balaban J connectivity index is 1.67. The van der Waals surface area contributed by atoms with Crippen LogP contribution in [0, 0.1) is 5.92 Å². The molecule has 98 valence electrons. The predicted octanol–water partition coefficient (Wildman–Crippen LogP) is 2.75. The Morgan fingerprint density at radius 3 is 2.94 bits per heavy atom. The predicted molar refractivity (Wildman–Crippen MR) is 72.7 cm³/mol. The zero-order valence-electron chi connectivity index (χ0n) is 10.7. The molecule has 1 saturated heterocycles. The molecule has 18 heavy (non-hydrogen) atoms. The molecule has 2 aliphatic heterocycles. The second kappa shape index (κ2) is 5.27. The number of nitrogens with one attached hydrogen (secondary N) is 2. The third kappa shape index (κ3) is 2.37. The second-order valence-corrected chi connectivity index (χ2v) is 5.50. The van der Waals surface area contributed by atoms with E-state index in [1.807, 2.05) is 6.07 Å². The molecular weight excluding hydrogens is 227 g/mol. The lowest BCUT2D eigenvalue weighted by Gasteiger charge is -2.35. The summed E-state index contributed by atoms with van der Waals surface area (Å²) in [6.45, 7) is 1.88. The fourth-order valence-electron chi connectivity index (χ4n) is 3.18. The van der Waals surface area contributed by atoms with E-state index < -0.39 is 6.17 Å². The molecule has 3 unspecified atom stereocenters. The van der Waals surface area contributed by atoms with Crippen molar-refractivity contribution in [2.45, 2.75) is 37.9 Å². The van der Waals surface area contributed by atoms with E-state index in [-0.39, 0.29) is 12.0 Å². The molecule has 0 aliphatic carbocycles. The second-order valence-electron chi connectivity index (χ2n) is 5.50. The number of fused-ring (bicyclic) bond motifs is 1. The minimum Gasteiger partial charge on any atom is -0.379 e. The number of hydrogen-bond donors (Lipinski definition) is 2. The van der Waals surface area contributed by atoms with Crippen molar-refractivity contribution < 1.29 is 4.39 Å². The molecule has 2 N–H and O–H groups in total. The molecule has 1 aromatic carbocycles. The first-order chi connectivity index (χ1) is 8.84. The third-order valence-electron chi connectivity index (χ3n) is 4.25. The van der Waals surface area contributed by atoms with Gasteiger partial charge in [0.15, 0.2) is 0 Å². The van der Waals surface area contributed by atoms with Gasteiger partial charge in [-0.3, -0.25) is 0 Å². The SMILES string of the molecule is FC(C1CCCNC1)C1CCc2ccccc2N1. The summed E-state index contributed by atoms with van der Waals surface area (Å²) in [5.41, 5.74) is 2.45. The van der Waals surface area contributed by atoms with Gasteiger partial charge in [0.05, 0.1) is 6.04 Å². The molecule has 0 spiro atoms. The largest absolute Gasteiger partial charge is 0.379 e. The summed E-state index contributed by atoms with van der Waals surface area (Å²) in [4.78, 5) is 0. The van der Waals surface area contributed by atoms with Crippen LogP contribution in [0.25, 0.3) is 0 Å². The van der Waals surface area contributed by atoms with Crippen molar-refractivity contribution >= 4 is 5.69 Å². The lowest BCUT2D eigenvalue weighted by atomic mass is 9.86. The van der Waals surface area contributed by atoms with Crippen molar-refractivity contribution in [2.75, 3.05) is 18.4 Å². The van der Waals surface area contributed by atoms with Gasteiger partial charge in [-0.2, -0.15) is 0 Å². The van der Waals surface area contributed by atoms with Crippen LogP contribution >= 0.6 is 0 Å². The lowest BCUT2D eigenvalue weighted by molar-refractivity contribution is 0.164. The van der Waals surface area contributed by atoms with Crippen molar-refractivity contribution in [3.63, 3.8) is 0 Å². The van der Waals surface area contributed by atoms with Crippen molar-refractivity contribution in [1.82, 2.24) is 5.32 Å². The maximum absolute atomic E-state index is 14.6. The van der Waals surface area contributed by atoms with Crippen LogP contribution in [0.2, 0.25) is 0 Å². The minimum absolute atomic E-state index is 0.00944. The fraction of sp³-hybridized carbons (Fsp3) is 0.600. The zero-order valence-corrected chi connectivity index (χ0v) is 10.7. The summed E-state index contributed by atoms with van der Waals surface area (Å²) in [6.07, 6.45) is 3.30. The van der Waals surface area contributed by atoms with Gasteiger partial charge in [-0.1, -0.05) is 18.2 Å². The van der Waals surface area contributed by atoms with Crippen molar-refractivity contribution in [3.8, 4) is 0 Å². The highest BCUT2D eigenvalue weighted by atomic mass is 19.1. The Bertz CT molecular complexity index is 401. The molecule has 0 amide bonds. The summed E-state index contributed by atoms with van der Waals surface area (Å²) in [7, 11) is 0. The van der Waals surface area contributed by atoms with E-state index in [4.69, 9.17) is 0 Å². The van der Waals surface area contributed by atoms with Crippen LogP contribution in [0.3, 0.4) is 0 Å². The van der Waals surface area contributed by atoms with Crippen LogP contribution in [-0.4, -0.2) is 25.3 Å². The van der Waals surface area contributed by atoms with Gasteiger partial charge < -0.3 is 10.6 Å². The maximum atomic E-state index is 14.6. The van der Waals surface area contributed by atoms with Crippen LogP contribution in [-0.2, 0) is 6.42 Å². The smallest absolute Gasteiger partial charge is 0.124 e. The van der Waals surface area contributed by atoms with Crippen LogP contribution in [0.15, 0.2) is 24.3 Å². The average Bonchev–Trinajstić information content (AvgIpc) is 2.47. The van der Waals surface area contributed by atoms with E-state index in [1.165, 1.54) is 5.56 Å².